The van der Waals surface area contributed by atoms with E-state index in [4.69, 9.17) is 4.74 Å². The summed E-state index contributed by atoms with van der Waals surface area (Å²) in [5.74, 6) is -0.0802. The molecule has 164 valence electrons. The Morgan fingerprint density at radius 1 is 1.10 bits per heavy atom. The van der Waals surface area contributed by atoms with Crippen molar-refractivity contribution in [2.45, 2.75) is 80.2 Å². The minimum Gasteiger partial charge on any atom is -0.465 e. The Kier molecular flexibility index (Phi) is 9.53. The van der Waals surface area contributed by atoms with E-state index in [9.17, 15) is 19.2 Å². The van der Waals surface area contributed by atoms with Crippen molar-refractivity contribution >= 4 is 11.9 Å². The van der Waals surface area contributed by atoms with Crippen LogP contribution in [0.1, 0.15) is 78.4 Å². The molecular formula is C22H36N2O5. The number of hydrogen-bond donors (Lipinski definition) is 0. The molecule has 7 heteroatoms. The highest BCUT2D eigenvalue weighted by atomic mass is 16.5. The van der Waals surface area contributed by atoms with Crippen molar-refractivity contribution in [3.63, 3.8) is 0 Å². The maximum absolute atomic E-state index is 12.6. The first-order chi connectivity index (χ1) is 13.5. The zero-order valence-electron chi connectivity index (χ0n) is 18.7. The van der Waals surface area contributed by atoms with E-state index < -0.39 is 22.6 Å². The van der Waals surface area contributed by atoms with Crippen molar-refractivity contribution in [1.29, 1.82) is 0 Å². The second-order valence-corrected chi connectivity index (χ2v) is 8.57. The molecule has 7 nitrogen and oxygen atoms in total. The highest BCUT2D eigenvalue weighted by Crippen LogP contribution is 2.35. The second-order valence-electron chi connectivity index (χ2n) is 8.57. The van der Waals surface area contributed by atoms with Gasteiger partial charge in [0.05, 0.1) is 12.0 Å². The molecule has 0 N–H and O–H groups in total. The fourth-order valence-corrected chi connectivity index (χ4v) is 3.38. The van der Waals surface area contributed by atoms with Crippen LogP contribution >= 0.6 is 0 Å². The van der Waals surface area contributed by atoms with Crippen LogP contribution in [0, 0.1) is 17.3 Å². The molecule has 29 heavy (non-hydrogen) atoms. The lowest BCUT2D eigenvalue weighted by molar-refractivity contribution is -0.159. The number of rotatable bonds is 11. The number of esters is 1. The normalized spacial score (nSPS) is 13.5. The largest absolute Gasteiger partial charge is 0.465 e. The summed E-state index contributed by atoms with van der Waals surface area (Å²) >= 11 is 0. The van der Waals surface area contributed by atoms with Gasteiger partial charge in [-0.15, -0.1) is 0 Å². The lowest BCUT2D eigenvalue weighted by atomic mass is 9.73. The van der Waals surface area contributed by atoms with Crippen molar-refractivity contribution < 1.29 is 14.3 Å². The standard InChI is InChI=1S/C22H36N2O5/c1-7-23-13-12-19(26)24(21(23)28)18(25)11-9-8-10-14-29-20(27)22(6,17(4)5)15-16(2)3/h12-13,16-17H,7-11,14-15H2,1-6H3. The van der Waals surface area contributed by atoms with Gasteiger partial charge in [0.2, 0.25) is 5.91 Å². The van der Waals surface area contributed by atoms with Gasteiger partial charge in [0.1, 0.15) is 0 Å². The number of ether oxygens (including phenoxy) is 1. The molecule has 0 bridgehead atoms. The fraction of sp³-hybridized carbons (Fsp3) is 0.727. The monoisotopic (exact) mass is 408 g/mol. The quantitative estimate of drug-likeness (QED) is 0.413. The molecule has 0 radical (unpaired) electrons. The average Bonchev–Trinajstić information content (AvgIpc) is 2.63. The summed E-state index contributed by atoms with van der Waals surface area (Å²) in [7, 11) is 0. The molecule has 0 amide bonds. The predicted molar refractivity (Wildman–Crippen MR) is 113 cm³/mol. The summed E-state index contributed by atoms with van der Waals surface area (Å²) in [5.41, 5.74) is -1.70. The Balaban J connectivity index is 2.49. The van der Waals surface area contributed by atoms with E-state index in [0.29, 0.717) is 42.9 Å². The molecule has 1 heterocycles. The molecule has 1 aromatic heterocycles. The summed E-state index contributed by atoms with van der Waals surface area (Å²) in [6.07, 6.45) is 4.11. The highest BCUT2D eigenvalue weighted by molar-refractivity contribution is 5.78. The molecule has 0 aliphatic carbocycles. The number of unbranched alkanes of at least 4 members (excludes halogenated alkanes) is 2. The molecule has 0 fully saturated rings. The Labute approximate surface area is 173 Å². The van der Waals surface area contributed by atoms with E-state index in [2.05, 4.69) is 13.8 Å². The molecule has 0 spiro atoms. The Morgan fingerprint density at radius 3 is 2.31 bits per heavy atom. The van der Waals surface area contributed by atoms with Gasteiger partial charge in [0.15, 0.2) is 0 Å². The number of carbonyl (C=O) groups is 2. The Morgan fingerprint density at radius 2 is 1.76 bits per heavy atom. The first kappa shape index (κ1) is 24.9. The van der Waals surface area contributed by atoms with Crippen molar-refractivity contribution in [3.05, 3.63) is 33.1 Å². The Bertz CT molecular complexity index is 806. The van der Waals surface area contributed by atoms with Crippen molar-refractivity contribution in [1.82, 2.24) is 9.13 Å². The van der Waals surface area contributed by atoms with E-state index in [1.165, 1.54) is 16.8 Å². The third-order valence-electron chi connectivity index (χ3n) is 5.49. The second kappa shape index (κ2) is 11.1. The molecule has 1 aromatic rings. The summed E-state index contributed by atoms with van der Waals surface area (Å²) in [6.45, 7) is 12.7. The van der Waals surface area contributed by atoms with E-state index >= 15 is 0 Å². The van der Waals surface area contributed by atoms with Crippen molar-refractivity contribution in [3.8, 4) is 0 Å². The first-order valence-electron chi connectivity index (χ1n) is 10.6. The molecule has 0 saturated heterocycles. The van der Waals surface area contributed by atoms with Gasteiger partial charge in [-0.25, -0.2) is 4.79 Å². The van der Waals surface area contributed by atoms with Gasteiger partial charge in [-0.3, -0.25) is 14.4 Å². The van der Waals surface area contributed by atoms with Gasteiger partial charge >= 0.3 is 11.7 Å². The van der Waals surface area contributed by atoms with Gasteiger partial charge in [0, 0.05) is 25.2 Å². The van der Waals surface area contributed by atoms with Gasteiger partial charge in [0.25, 0.3) is 5.56 Å². The fourth-order valence-electron chi connectivity index (χ4n) is 3.38. The molecule has 0 aliphatic heterocycles. The van der Waals surface area contributed by atoms with Crippen molar-refractivity contribution in [2.24, 2.45) is 17.3 Å². The lowest BCUT2D eigenvalue weighted by Crippen LogP contribution is -2.42. The maximum atomic E-state index is 12.6. The summed E-state index contributed by atoms with van der Waals surface area (Å²) in [6, 6.07) is 1.23. The van der Waals surface area contributed by atoms with Crippen LogP contribution in [0.2, 0.25) is 0 Å². The molecule has 0 aliphatic rings. The number of aromatic nitrogens is 2. The maximum Gasteiger partial charge on any atom is 0.337 e. The molecule has 0 aromatic carbocycles. The summed E-state index contributed by atoms with van der Waals surface area (Å²) < 4.78 is 7.52. The van der Waals surface area contributed by atoms with Crippen molar-refractivity contribution in [2.75, 3.05) is 6.61 Å². The molecule has 0 saturated carbocycles. The summed E-state index contributed by atoms with van der Waals surface area (Å²) in [4.78, 5) is 48.8. The molecular weight excluding hydrogens is 372 g/mol. The van der Waals surface area contributed by atoms with Gasteiger partial charge in [-0.05, 0) is 51.4 Å². The lowest BCUT2D eigenvalue weighted by Gasteiger charge is -2.32. The molecule has 1 unspecified atom stereocenters. The third-order valence-corrected chi connectivity index (χ3v) is 5.49. The van der Waals surface area contributed by atoms with Crippen LogP contribution in [0.3, 0.4) is 0 Å². The number of carbonyl (C=O) groups excluding carboxylic acids is 2. The minimum atomic E-state index is -0.600. The van der Waals surface area contributed by atoms with Crippen LogP contribution in [0.4, 0.5) is 0 Å². The van der Waals surface area contributed by atoms with Crippen LogP contribution in [0.5, 0.6) is 0 Å². The van der Waals surface area contributed by atoms with Gasteiger partial charge < -0.3 is 9.30 Å². The van der Waals surface area contributed by atoms with E-state index in [1.54, 1.807) is 6.92 Å². The van der Waals surface area contributed by atoms with Crippen LogP contribution in [-0.2, 0) is 16.1 Å². The molecule has 1 atom stereocenters. The van der Waals surface area contributed by atoms with E-state index in [0.717, 1.165) is 6.42 Å². The van der Waals surface area contributed by atoms with Crippen LogP contribution in [-0.4, -0.2) is 27.6 Å². The number of nitrogens with zero attached hydrogens (tertiary/aromatic N) is 2. The predicted octanol–water partition coefficient (Wildman–Crippen LogP) is 3.48. The number of hydrogen-bond acceptors (Lipinski definition) is 5. The third kappa shape index (κ3) is 6.68. The highest BCUT2D eigenvalue weighted by Gasteiger charge is 2.38. The molecule has 1 rings (SSSR count). The SMILES string of the molecule is CCn1ccc(=O)n(C(=O)CCCCCOC(=O)C(C)(CC(C)C)C(C)C)c1=O. The summed E-state index contributed by atoms with van der Waals surface area (Å²) in [5, 5.41) is 0. The number of aryl methyl sites for hydroxylation is 1. The van der Waals surface area contributed by atoms with E-state index in [1.807, 2.05) is 20.8 Å². The first-order valence-corrected chi connectivity index (χ1v) is 10.6. The van der Waals surface area contributed by atoms with Crippen LogP contribution < -0.4 is 11.2 Å². The van der Waals surface area contributed by atoms with E-state index in [-0.39, 0.29) is 18.3 Å². The zero-order chi connectivity index (χ0) is 22.2. The average molecular weight is 409 g/mol. The Hall–Kier alpha value is -2.18. The van der Waals surface area contributed by atoms with Gasteiger partial charge in [-0.2, -0.15) is 4.57 Å². The van der Waals surface area contributed by atoms with Crippen LogP contribution in [0.15, 0.2) is 21.9 Å². The zero-order valence-corrected chi connectivity index (χ0v) is 18.7. The topological polar surface area (TPSA) is 87.4 Å². The minimum absolute atomic E-state index is 0.105. The van der Waals surface area contributed by atoms with Gasteiger partial charge in [-0.1, -0.05) is 27.7 Å². The smallest absolute Gasteiger partial charge is 0.337 e. The van der Waals surface area contributed by atoms with Crippen LogP contribution in [0.25, 0.3) is 0 Å².